The normalized spacial score (nSPS) is 17.1. The minimum absolute atomic E-state index is 0.174. The van der Waals surface area contributed by atoms with Gasteiger partial charge in [-0.2, -0.15) is 0 Å². The lowest BCUT2D eigenvalue weighted by molar-refractivity contribution is 0.535. The van der Waals surface area contributed by atoms with Crippen molar-refractivity contribution in [3.05, 3.63) is 71.0 Å². The number of rotatable bonds is 4. The fourth-order valence-corrected chi connectivity index (χ4v) is 2.54. The molecule has 0 radical (unpaired) electrons. The Balaban J connectivity index is 1.51. The van der Waals surface area contributed by atoms with Gasteiger partial charge < -0.3 is 5.32 Å². The summed E-state index contributed by atoms with van der Waals surface area (Å²) in [5, 5.41) is 3.44. The second kappa shape index (κ2) is 4.91. The van der Waals surface area contributed by atoms with Gasteiger partial charge in [-0.05, 0) is 35.2 Å². The van der Waals surface area contributed by atoms with Crippen molar-refractivity contribution >= 4 is 0 Å². The van der Waals surface area contributed by atoms with Crippen molar-refractivity contribution in [3.63, 3.8) is 0 Å². The Hall–Kier alpha value is -1.67. The zero-order valence-electron chi connectivity index (χ0n) is 10.2. The largest absolute Gasteiger partial charge is 0.312 e. The van der Waals surface area contributed by atoms with Crippen LogP contribution in [-0.4, -0.2) is 6.54 Å². The molecule has 0 aromatic heterocycles. The first-order valence-electron chi connectivity index (χ1n) is 6.36. The summed E-state index contributed by atoms with van der Waals surface area (Å²) in [7, 11) is 0. The molecule has 0 saturated heterocycles. The third-order valence-corrected chi connectivity index (χ3v) is 3.59. The van der Waals surface area contributed by atoms with Gasteiger partial charge in [-0.25, -0.2) is 4.39 Å². The third kappa shape index (κ3) is 2.29. The van der Waals surface area contributed by atoms with Crippen LogP contribution >= 0.6 is 0 Å². The van der Waals surface area contributed by atoms with Crippen LogP contribution in [0.3, 0.4) is 0 Å². The van der Waals surface area contributed by atoms with E-state index in [9.17, 15) is 4.39 Å². The van der Waals surface area contributed by atoms with Crippen molar-refractivity contribution < 1.29 is 4.39 Å². The summed E-state index contributed by atoms with van der Waals surface area (Å²) < 4.78 is 12.7. The van der Waals surface area contributed by atoms with Crippen LogP contribution in [0.5, 0.6) is 0 Å². The van der Waals surface area contributed by atoms with E-state index in [4.69, 9.17) is 0 Å². The molecule has 2 heteroatoms. The summed E-state index contributed by atoms with van der Waals surface area (Å²) in [4.78, 5) is 0. The van der Waals surface area contributed by atoms with Gasteiger partial charge in [0, 0.05) is 19.0 Å². The van der Waals surface area contributed by atoms with Crippen molar-refractivity contribution in [3.8, 4) is 0 Å². The van der Waals surface area contributed by atoms with Crippen molar-refractivity contribution in [1.82, 2.24) is 5.32 Å². The maximum absolute atomic E-state index is 12.7. The summed E-state index contributed by atoms with van der Waals surface area (Å²) in [6.07, 6.45) is 1.17. The smallest absolute Gasteiger partial charge is 0.123 e. The van der Waals surface area contributed by atoms with Gasteiger partial charge in [0.25, 0.3) is 0 Å². The fourth-order valence-electron chi connectivity index (χ4n) is 2.54. The number of hydrogen-bond acceptors (Lipinski definition) is 1. The Morgan fingerprint density at radius 2 is 1.83 bits per heavy atom. The molecule has 0 bridgehead atoms. The molecule has 1 aliphatic carbocycles. The number of hydrogen-bond donors (Lipinski definition) is 1. The van der Waals surface area contributed by atoms with Crippen LogP contribution in [0, 0.1) is 5.82 Å². The Morgan fingerprint density at radius 3 is 2.61 bits per heavy atom. The Labute approximate surface area is 107 Å². The quantitative estimate of drug-likeness (QED) is 0.866. The molecule has 0 heterocycles. The van der Waals surface area contributed by atoms with Gasteiger partial charge in [0.15, 0.2) is 0 Å². The lowest BCUT2D eigenvalue weighted by Gasteiger charge is -2.30. The first kappa shape index (κ1) is 11.4. The SMILES string of the molecule is Fc1ccc(CNCC2Cc3ccccc32)cc1. The predicted molar refractivity (Wildman–Crippen MR) is 71.0 cm³/mol. The molecular formula is C16H16FN. The Bertz CT molecular complexity index is 533. The van der Waals surface area contributed by atoms with Crippen LogP contribution in [0.1, 0.15) is 22.6 Å². The number of benzene rings is 2. The molecule has 18 heavy (non-hydrogen) atoms. The van der Waals surface area contributed by atoms with Crippen LogP contribution < -0.4 is 5.32 Å². The summed E-state index contributed by atoms with van der Waals surface area (Å²) in [6, 6.07) is 15.3. The van der Waals surface area contributed by atoms with Crippen LogP contribution in [0.2, 0.25) is 0 Å². The average molecular weight is 241 g/mol. The lowest BCUT2D eigenvalue weighted by atomic mass is 9.77. The van der Waals surface area contributed by atoms with Crippen molar-refractivity contribution in [1.29, 1.82) is 0 Å². The lowest BCUT2D eigenvalue weighted by Crippen LogP contribution is -2.28. The van der Waals surface area contributed by atoms with E-state index < -0.39 is 0 Å². The van der Waals surface area contributed by atoms with Gasteiger partial charge in [0.2, 0.25) is 0 Å². The number of nitrogens with one attached hydrogen (secondary N) is 1. The molecule has 2 aromatic carbocycles. The van der Waals surface area contributed by atoms with E-state index >= 15 is 0 Å². The standard InChI is InChI=1S/C16H16FN/c17-15-7-5-12(6-8-15)10-18-11-14-9-13-3-1-2-4-16(13)14/h1-8,14,18H,9-11H2. The highest BCUT2D eigenvalue weighted by Gasteiger charge is 2.24. The topological polar surface area (TPSA) is 12.0 Å². The first-order valence-corrected chi connectivity index (χ1v) is 6.36. The van der Waals surface area contributed by atoms with Gasteiger partial charge in [-0.1, -0.05) is 36.4 Å². The number of fused-ring (bicyclic) bond motifs is 1. The van der Waals surface area contributed by atoms with Gasteiger partial charge in [0.05, 0.1) is 0 Å². The third-order valence-electron chi connectivity index (χ3n) is 3.59. The van der Waals surface area contributed by atoms with Crippen LogP contribution in [-0.2, 0) is 13.0 Å². The summed E-state index contributed by atoms with van der Waals surface area (Å²) in [5.74, 6) is 0.466. The van der Waals surface area contributed by atoms with Gasteiger partial charge in [-0.15, -0.1) is 0 Å². The Kier molecular flexibility index (Phi) is 3.11. The molecule has 0 fully saturated rings. The highest BCUT2D eigenvalue weighted by molar-refractivity contribution is 5.40. The van der Waals surface area contributed by atoms with Crippen molar-refractivity contribution in [2.24, 2.45) is 0 Å². The molecule has 1 aliphatic rings. The molecule has 0 amide bonds. The molecule has 92 valence electrons. The van der Waals surface area contributed by atoms with E-state index in [2.05, 4.69) is 29.6 Å². The predicted octanol–water partition coefficient (Wildman–Crippen LogP) is 3.26. The van der Waals surface area contributed by atoms with Crippen LogP contribution in [0.4, 0.5) is 4.39 Å². The van der Waals surface area contributed by atoms with E-state index in [1.54, 1.807) is 0 Å². The minimum Gasteiger partial charge on any atom is -0.312 e. The first-order chi connectivity index (χ1) is 8.83. The summed E-state index contributed by atoms with van der Waals surface area (Å²) >= 11 is 0. The molecule has 0 spiro atoms. The van der Waals surface area contributed by atoms with Gasteiger partial charge in [-0.3, -0.25) is 0 Å². The van der Waals surface area contributed by atoms with Gasteiger partial charge >= 0.3 is 0 Å². The zero-order chi connectivity index (χ0) is 12.4. The highest BCUT2D eigenvalue weighted by Crippen LogP contribution is 2.33. The van der Waals surface area contributed by atoms with Crippen molar-refractivity contribution in [2.45, 2.75) is 18.9 Å². The maximum Gasteiger partial charge on any atom is 0.123 e. The Morgan fingerprint density at radius 1 is 1.06 bits per heavy atom. The molecule has 2 aromatic rings. The maximum atomic E-state index is 12.7. The fraction of sp³-hybridized carbons (Fsp3) is 0.250. The molecule has 0 saturated carbocycles. The number of halogens is 1. The van der Waals surface area contributed by atoms with E-state index in [1.165, 1.54) is 29.7 Å². The van der Waals surface area contributed by atoms with E-state index in [0.717, 1.165) is 18.7 Å². The molecule has 3 rings (SSSR count). The molecule has 0 aliphatic heterocycles. The second-order valence-electron chi connectivity index (χ2n) is 4.86. The molecule has 1 atom stereocenters. The van der Waals surface area contributed by atoms with E-state index in [-0.39, 0.29) is 5.82 Å². The second-order valence-corrected chi connectivity index (χ2v) is 4.86. The summed E-state index contributed by atoms with van der Waals surface area (Å²) in [6.45, 7) is 1.80. The highest BCUT2D eigenvalue weighted by atomic mass is 19.1. The van der Waals surface area contributed by atoms with Crippen LogP contribution in [0.25, 0.3) is 0 Å². The monoisotopic (exact) mass is 241 g/mol. The van der Waals surface area contributed by atoms with E-state index in [1.807, 2.05) is 12.1 Å². The van der Waals surface area contributed by atoms with Crippen LogP contribution in [0.15, 0.2) is 48.5 Å². The van der Waals surface area contributed by atoms with Crippen molar-refractivity contribution in [2.75, 3.05) is 6.54 Å². The van der Waals surface area contributed by atoms with E-state index in [0.29, 0.717) is 5.92 Å². The summed E-state index contributed by atoms with van der Waals surface area (Å²) in [5.41, 5.74) is 4.08. The molecular weight excluding hydrogens is 225 g/mol. The minimum atomic E-state index is -0.174. The molecule has 1 unspecified atom stereocenters. The molecule has 1 N–H and O–H groups in total. The average Bonchev–Trinajstić information content (AvgIpc) is 2.37. The zero-order valence-corrected chi connectivity index (χ0v) is 10.2. The van der Waals surface area contributed by atoms with Gasteiger partial charge in [0.1, 0.15) is 5.82 Å². The molecule has 1 nitrogen and oxygen atoms in total.